The molecule has 1 unspecified atom stereocenters. The maximum absolute atomic E-state index is 12.1. The minimum atomic E-state index is -0.810. The largest absolute Gasteiger partial charge is 0.380 e. The van der Waals surface area contributed by atoms with Crippen LogP contribution in [0.2, 0.25) is 0 Å². The van der Waals surface area contributed by atoms with E-state index in [1.54, 1.807) is 18.7 Å². The summed E-state index contributed by atoms with van der Waals surface area (Å²) in [6.45, 7) is 8.42. The van der Waals surface area contributed by atoms with Gasteiger partial charge in [0, 0.05) is 6.61 Å². The predicted molar refractivity (Wildman–Crippen MR) is 59.9 cm³/mol. The molecule has 1 rings (SSSR count). The molecule has 0 aromatic carbocycles. The van der Waals surface area contributed by atoms with Gasteiger partial charge >= 0.3 is 0 Å². The summed E-state index contributed by atoms with van der Waals surface area (Å²) in [5.41, 5.74) is -0.810. The highest BCUT2D eigenvalue weighted by molar-refractivity contribution is 5.97. The van der Waals surface area contributed by atoms with E-state index in [1.165, 1.54) is 0 Å². The number of piperazine rings is 1. The summed E-state index contributed by atoms with van der Waals surface area (Å²) in [6, 6.07) is -0.0715. The van der Waals surface area contributed by atoms with Crippen molar-refractivity contribution in [2.45, 2.75) is 39.3 Å². The average molecular weight is 228 g/mol. The fourth-order valence-electron chi connectivity index (χ4n) is 1.76. The van der Waals surface area contributed by atoms with Crippen LogP contribution in [0.3, 0.4) is 0 Å². The summed E-state index contributed by atoms with van der Waals surface area (Å²) >= 11 is 0. The van der Waals surface area contributed by atoms with E-state index < -0.39 is 5.54 Å². The molecule has 92 valence electrons. The Morgan fingerprint density at radius 2 is 2.12 bits per heavy atom. The Kier molecular flexibility index (Phi) is 3.91. The second-order valence-corrected chi connectivity index (χ2v) is 4.61. The van der Waals surface area contributed by atoms with Gasteiger partial charge in [-0.25, -0.2) is 0 Å². The molecular weight excluding hydrogens is 208 g/mol. The molecular formula is C11H20N2O3. The minimum Gasteiger partial charge on any atom is -0.380 e. The molecule has 0 aromatic rings. The van der Waals surface area contributed by atoms with E-state index in [2.05, 4.69) is 5.32 Å². The first kappa shape index (κ1) is 13.0. The second-order valence-electron chi connectivity index (χ2n) is 4.61. The van der Waals surface area contributed by atoms with E-state index in [-0.39, 0.29) is 24.4 Å². The van der Waals surface area contributed by atoms with Gasteiger partial charge in [0.1, 0.15) is 5.54 Å². The molecule has 0 spiro atoms. The molecule has 1 aliphatic rings. The van der Waals surface area contributed by atoms with Gasteiger partial charge in [-0.05, 0) is 27.7 Å². The minimum absolute atomic E-state index is 0.0562. The van der Waals surface area contributed by atoms with Crippen molar-refractivity contribution < 1.29 is 14.3 Å². The average Bonchev–Trinajstić information content (AvgIpc) is 2.19. The Bertz CT molecular complexity index is 289. The van der Waals surface area contributed by atoms with E-state index in [4.69, 9.17) is 4.74 Å². The van der Waals surface area contributed by atoms with Gasteiger partial charge < -0.3 is 15.0 Å². The summed E-state index contributed by atoms with van der Waals surface area (Å²) in [4.78, 5) is 25.1. The lowest BCUT2D eigenvalue weighted by Crippen LogP contribution is -2.65. The van der Waals surface area contributed by atoms with E-state index in [0.717, 1.165) is 0 Å². The first-order valence-corrected chi connectivity index (χ1v) is 5.58. The van der Waals surface area contributed by atoms with Crippen LogP contribution in [0.4, 0.5) is 0 Å². The third kappa shape index (κ3) is 2.72. The van der Waals surface area contributed by atoms with Crippen molar-refractivity contribution in [3.63, 3.8) is 0 Å². The molecule has 1 aliphatic heterocycles. The van der Waals surface area contributed by atoms with Crippen molar-refractivity contribution in [3.05, 3.63) is 0 Å². The van der Waals surface area contributed by atoms with Crippen molar-refractivity contribution >= 4 is 11.8 Å². The maximum atomic E-state index is 12.1. The lowest BCUT2D eigenvalue weighted by molar-refractivity contribution is -0.151. The molecule has 16 heavy (non-hydrogen) atoms. The molecule has 0 saturated carbocycles. The highest BCUT2D eigenvalue weighted by Crippen LogP contribution is 2.15. The van der Waals surface area contributed by atoms with Gasteiger partial charge in [-0.2, -0.15) is 0 Å². The van der Waals surface area contributed by atoms with Crippen LogP contribution in [0.25, 0.3) is 0 Å². The maximum Gasteiger partial charge on any atom is 0.248 e. The number of nitrogens with zero attached hydrogens (tertiary/aromatic N) is 1. The molecule has 1 atom stereocenters. The lowest BCUT2D eigenvalue weighted by Gasteiger charge is -2.40. The quantitative estimate of drug-likeness (QED) is 0.745. The standard InChI is InChI=1S/C11H20N2O3/c1-5-16-7-8(2)13-6-9(14)12-11(3,4)10(13)15/h8H,5-7H2,1-4H3,(H,12,14). The number of nitrogens with one attached hydrogen (secondary N) is 1. The van der Waals surface area contributed by atoms with Gasteiger partial charge in [0.15, 0.2) is 0 Å². The number of hydrogen-bond acceptors (Lipinski definition) is 3. The number of ether oxygens (including phenoxy) is 1. The van der Waals surface area contributed by atoms with Gasteiger partial charge in [-0.3, -0.25) is 9.59 Å². The van der Waals surface area contributed by atoms with E-state index in [9.17, 15) is 9.59 Å². The van der Waals surface area contributed by atoms with E-state index in [1.807, 2.05) is 13.8 Å². The molecule has 0 bridgehead atoms. The van der Waals surface area contributed by atoms with Gasteiger partial charge in [-0.1, -0.05) is 0 Å². The molecule has 1 fully saturated rings. The first-order valence-electron chi connectivity index (χ1n) is 5.58. The van der Waals surface area contributed by atoms with Crippen molar-refractivity contribution in [2.24, 2.45) is 0 Å². The van der Waals surface area contributed by atoms with Crippen LogP contribution in [-0.4, -0.2) is 48.1 Å². The molecule has 1 N–H and O–H groups in total. The highest BCUT2D eigenvalue weighted by atomic mass is 16.5. The van der Waals surface area contributed by atoms with Crippen LogP contribution in [-0.2, 0) is 14.3 Å². The van der Waals surface area contributed by atoms with E-state index >= 15 is 0 Å². The smallest absolute Gasteiger partial charge is 0.248 e. The molecule has 0 radical (unpaired) electrons. The normalized spacial score (nSPS) is 21.9. The van der Waals surface area contributed by atoms with E-state index in [0.29, 0.717) is 13.2 Å². The van der Waals surface area contributed by atoms with Crippen LogP contribution in [0, 0.1) is 0 Å². The third-order valence-corrected chi connectivity index (χ3v) is 2.66. The van der Waals surface area contributed by atoms with Crippen molar-refractivity contribution in [3.8, 4) is 0 Å². The molecule has 2 amide bonds. The zero-order valence-electron chi connectivity index (χ0n) is 10.4. The number of carbonyl (C=O) groups excluding carboxylic acids is 2. The fourth-order valence-corrected chi connectivity index (χ4v) is 1.76. The van der Waals surface area contributed by atoms with Crippen LogP contribution in [0.1, 0.15) is 27.7 Å². The van der Waals surface area contributed by atoms with Crippen molar-refractivity contribution in [2.75, 3.05) is 19.8 Å². The van der Waals surface area contributed by atoms with Gasteiger partial charge in [0.25, 0.3) is 0 Å². The molecule has 1 heterocycles. The van der Waals surface area contributed by atoms with Crippen molar-refractivity contribution in [1.29, 1.82) is 0 Å². The molecule has 1 saturated heterocycles. The monoisotopic (exact) mass is 228 g/mol. The number of amides is 2. The lowest BCUT2D eigenvalue weighted by atomic mass is 9.99. The Morgan fingerprint density at radius 1 is 1.50 bits per heavy atom. The Balaban J connectivity index is 2.71. The number of rotatable bonds is 4. The van der Waals surface area contributed by atoms with Crippen LogP contribution < -0.4 is 5.32 Å². The van der Waals surface area contributed by atoms with Crippen molar-refractivity contribution in [1.82, 2.24) is 10.2 Å². The Hall–Kier alpha value is -1.10. The zero-order chi connectivity index (χ0) is 12.3. The Labute approximate surface area is 96.1 Å². The summed E-state index contributed by atoms with van der Waals surface area (Å²) in [5.74, 6) is -0.174. The predicted octanol–water partition coefficient (Wildman–Crippen LogP) is 0.148. The van der Waals surface area contributed by atoms with Crippen LogP contribution >= 0.6 is 0 Å². The topological polar surface area (TPSA) is 58.6 Å². The Morgan fingerprint density at radius 3 is 2.69 bits per heavy atom. The van der Waals surface area contributed by atoms with Crippen LogP contribution in [0.15, 0.2) is 0 Å². The van der Waals surface area contributed by atoms with Crippen LogP contribution in [0.5, 0.6) is 0 Å². The number of carbonyl (C=O) groups is 2. The summed E-state index contributed by atoms with van der Waals surface area (Å²) < 4.78 is 5.27. The third-order valence-electron chi connectivity index (χ3n) is 2.66. The summed E-state index contributed by atoms with van der Waals surface area (Å²) in [7, 11) is 0. The zero-order valence-corrected chi connectivity index (χ0v) is 10.4. The first-order chi connectivity index (χ1) is 7.38. The second kappa shape index (κ2) is 4.82. The summed E-state index contributed by atoms with van der Waals surface area (Å²) in [6.07, 6.45) is 0. The molecule has 5 heteroatoms. The molecule has 0 aromatic heterocycles. The highest BCUT2D eigenvalue weighted by Gasteiger charge is 2.40. The van der Waals surface area contributed by atoms with Gasteiger partial charge in [0.2, 0.25) is 11.8 Å². The molecule has 5 nitrogen and oxygen atoms in total. The fraction of sp³-hybridized carbons (Fsp3) is 0.818. The SMILES string of the molecule is CCOCC(C)N1CC(=O)NC(C)(C)C1=O. The molecule has 0 aliphatic carbocycles. The summed E-state index contributed by atoms with van der Waals surface area (Å²) in [5, 5.41) is 2.68. The number of hydrogen-bond donors (Lipinski definition) is 1. The van der Waals surface area contributed by atoms with Gasteiger partial charge in [0.05, 0.1) is 19.2 Å². The van der Waals surface area contributed by atoms with Gasteiger partial charge in [-0.15, -0.1) is 0 Å².